The van der Waals surface area contributed by atoms with Crippen LogP contribution in [0.15, 0.2) is 0 Å². The molecule has 0 aromatic carbocycles. The molecule has 3 N–H and O–H groups in total. The molecule has 4 heteroatoms. The molecule has 1 unspecified atom stereocenters. The third-order valence-corrected chi connectivity index (χ3v) is 6.19. The van der Waals surface area contributed by atoms with Crippen LogP contribution in [-0.2, 0) is 4.79 Å². The van der Waals surface area contributed by atoms with Crippen molar-refractivity contribution in [3.63, 3.8) is 0 Å². The second-order valence-corrected chi connectivity index (χ2v) is 8.17. The molecule has 4 rings (SSSR count). The average Bonchev–Trinajstić information content (AvgIpc) is 2.33. The lowest BCUT2D eigenvalue weighted by molar-refractivity contribution is -0.129. The van der Waals surface area contributed by atoms with E-state index < -0.39 is 0 Å². The first kappa shape index (κ1) is 14.3. The Bertz CT molecular complexity index is 385. The van der Waals surface area contributed by atoms with Crippen LogP contribution in [0.3, 0.4) is 0 Å². The Morgan fingerprint density at radius 2 is 1.75 bits per heavy atom. The molecule has 0 radical (unpaired) electrons. The summed E-state index contributed by atoms with van der Waals surface area (Å²) in [6, 6.07) is 0. The average molecular weight is 294 g/mol. The molecular weight excluding hydrogens is 268 g/mol. The van der Waals surface area contributed by atoms with Crippen molar-refractivity contribution in [2.24, 2.45) is 34.8 Å². The maximum Gasteiger partial charge on any atom is 0.220 e. The van der Waals surface area contributed by atoms with Crippen LogP contribution in [-0.4, -0.2) is 17.4 Å². The molecule has 0 saturated heterocycles. The number of rotatable bonds is 5. The van der Waals surface area contributed by atoms with E-state index >= 15 is 0 Å². The second-order valence-electron chi connectivity index (χ2n) is 7.70. The quantitative estimate of drug-likeness (QED) is 0.766. The summed E-state index contributed by atoms with van der Waals surface area (Å²) >= 11 is 4.95. The highest BCUT2D eigenvalue weighted by Crippen LogP contribution is 2.61. The molecule has 4 bridgehead atoms. The first-order chi connectivity index (χ1) is 9.46. The van der Waals surface area contributed by atoms with Gasteiger partial charge >= 0.3 is 0 Å². The predicted octanol–water partition coefficient (Wildman–Crippen LogP) is 2.63. The Morgan fingerprint density at radius 1 is 1.25 bits per heavy atom. The van der Waals surface area contributed by atoms with Crippen molar-refractivity contribution in [2.45, 2.75) is 51.9 Å². The number of nitrogens with one attached hydrogen (secondary N) is 1. The van der Waals surface area contributed by atoms with Gasteiger partial charge in [0.15, 0.2) is 0 Å². The van der Waals surface area contributed by atoms with Crippen molar-refractivity contribution < 1.29 is 4.79 Å². The summed E-state index contributed by atoms with van der Waals surface area (Å²) in [4.78, 5) is 12.7. The normalized spacial score (nSPS) is 39.5. The van der Waals surface area contributed by atoms with E-state index in [0.29, 0.717) is 16.9 Å². The standard InChI is InChI=1S/C16H26N2OS/c1-10(15(17)20)9-18-14(19)8-16-5-11-2-12(6-16)4-13(3-11)7-16/h10-13H,2-9H2,1H3,(H2,17,20)(H,18,19). The molecule has 4 fully saturated rings. The molecule has 1 atom stereocenters. The van der Waals surface area contributed by atoms with Crippen LogP contribution >= 0.6 is 12.2 Å². The molecule has 20 heavy (non-hydrogen) atoms. The first-order valence-corrected chi connectivity index (χ1v) is 8.43. The predicted molar refractivity (Wildman–Crippen MR) is 84.2 cm³/mol. The van der Waals surface area contributed by atoms with Crippen molar-refractivity contribution in [1.29, 1.82) is 0 Å². The third kappa shape index (κ3) is 2.85. The van der Waals surface area contributed by atoms with Gasteiger partial charge in [-0.05, 0) is 61.7 Å². The van der Waals surface area contributed by atoms with E-state index in [1.165, 1.54) is 38.5 Å². The summed E-state index contributed by atoms with van der Waals surface area (Å²) in [5.41, 5.74) is 5.91. The highest BCUT2D eigenvalue weighted by molar-refractivity contribution is 7.80. The number of hydrogen-bond donors (Lipinski definition) is 2. The van der Waals surface area contributed by atoms with Gasteiger partial charge in [0.05, 0.1) is 4.99 Å². The van der Waals surface area contributed by atoms with Crippen molar-refractivity contribution in [3.8, 4) is 0 Å². The van der Waals surface area contributed by atoms with Gasteiger partial charge in [0.2, 0.25) is 5.91 Å². The van der Waals surface area contributed by atoms with Gasteiger partial charge in [0.25, 0.3) is 0 Å². The fourth-order valence-electron chi connectivity index (χ4n) is 5.28. The van der Waals surface area contributed by atoms with Crippen LogP contribution in [0.5, 0.6) is 0 Å². The monoisotopic (exact) mass is 294 g/mol. The van der Waals surface area contributed by atoms with E-state index in [0.717, 1.165) is 24.2 Å². The molecule has 0 heterocycles. The van der Waals surface area contributed by atoms with Crippen molar-refractivity contribution in [3.05, 3.63) is 0 Å². The van der Waals surface area contributed by atoms with Gasteiger partial charge in [-0.1, -0.05) is 19.1 Å². The third-order valence-electron chi connectivity index (χ3n) is 5.79. The van der Waals surface area contributed by atoms with Crippen LogP contribution < -0.4 is 11.1 Å². The number of hydrogen-bond acceptors (Lipinski definition) is 2. The van der Waals surface area contributed by atoms with E-state index in [1.807, 2.05) is 6.92 Å². The summed E-state index contributed by atoms with van der Waals surface area (Å²) in [5.74, 6) is 3.01. The van der Waals surface area contributed by atoms with Gasteiger partial charge in [0.1, 0.15) is 0 Å². The zero-order valence-corrected chi connectivity index (χ0v) is 13.2. The second kappa shape index (κ2) is 5.28. The minimum absolute atomic E-state index is 0.0883. The molecule has 4 aliphatic rings. The Labute approximate surface area is 127 Å². The zero-order valence-electron chi connectivity index (χ0n) is 12.4. The van der Waals surface area contributed by atoms with Crippen LogP contribution in [0.1, 0.15) is 51.9 Å². The molecule has 1 amide bonds. The fraction of sp³-hybridized carbons (Fsp3) is 0.875. The first-order valence-electron chi connectivity index (χ1n) is 8.02. The molecular formula is C16H26N2OS. The van der Waals surface area contributed by atoms with Crippen molar-refractivity contribution >= 4 is 23.1 Å². The molecule has 0 aromatic heterocycles. The fourth-order valence-corrected chi connectivity index (χ4v) is 5.36. The molecule has 0 spiro atoms. The van der Waals surface area contributed by atoms with Crippen molar-refractivity contribution in [1.82, 2.24) is 5.32 Å². The lowest BCUT2D eigenvalue weighted by Crippen LogP contribution is -2.48. The van der Waals surface area contributed by atoms with E-state index in [2.05, 4.69) is 5.32 Å². The Morgan fingerprint density at radius 3 is 2.20 bits per heavy atom. The molecule has 112 valence electrons. The summed E-state index contributed by atoms with van der Waals surface area (Å²) < 4.78 is 0. The molecule has 4 saturated carbocycles. The smallest absolute Gasteiger partial charge is 0.220 e. The molecule has 0 aliphatic heterocycles. The summed E-state index contributed by atoms with van der Waals surface area (Å²) in [7, 11) is 0. The lowest BCUT2D eigenvalue weighted by Gasteiger charge is -2.56. The van der Waals surface area contributed by atoms with Gasteiger partial charge < -0.3 is 11.1 Å². The number of amides is 1. The lowest BCUT2D eigenvalue weighted by atomic mass is 9.49. The van der Waals surface area contributed by atoms with E-state index in [9.17, 15) is 4.79 Å². The highest BCUT2D eigenvalue weighted by Gasteiger charge is 2.51. The molecule has 0 aromatic rings. The van der Waals surface area contributed by atoms with E-state index in [1.54, 1.807) is 0 Å². The van der Waals surface area contributed by atoms with Gasteiger partial charge in [0, 0.05) is 18.9 Å². The Kier molecular flexibility index (Phi) is 3.78. The maximum absolute atomic E-state index is 12.3. The van der Waals surface area contributed by atoms with Gasteiger partial charge in [-0.25, -0.2) is 0 Å². The van der Waals surface area contributed by atoms with E-state index in [-0.39, 0.29) is 11.8 Å². The van der Waals surface area contributed by atoms with Crippen LogP contribution in [0.25, 0.3) is 0 Å². The Hall–Kier alpha value is -0.640. The van der Waals surface area contributed by atoms with Crippen LogP contribution in [0, 0.1) is 29.1 Å². The molecule has 4 aliphatic carbocycles. The highest BCUT2D eigenvalue weighted by atomic mass is 32.1. The van der Waals surface area contributed by atoms with Crippen molar-refractivity contribution in [2.75, 3.05) is 6.54 Å². The molecule has 3 nitrogen and oxygen atoms in total. The van der Waals surface area contributed by atoms with Gasteiger partial charge in [-0.3, -0.25) is 4.79 Å². The Balaban J connectivity index is 1.55. The SMILES string of the molecule is CC(CNC(=O)CC12CC3CC(CC(C3)C1)C2)C(N)=S. The minimum Gasteiger partial charge on any atom is -0.393 e. The van der Waals surface area contributed by atoms with Gasteiger partial charge in [-0.2, -0.15) is 0 Å². The topological polar surface area (TPSA) is 55.1 Å². The number of nitrogens with two attached hydrogens (primary N) is 1. The van der Waals surface area contributed by atoms with Gasteiger partial charge in [-0.15, -0.1) is 0 Å². The van der Waals surface area contributed by atoms with E-state index in [4.69, 9.17) is 18.0 Å². The summed E-state index contributed by atoms with van der Waals surface area (Å²) in [6.07, 6.45) is 8.88. The minimum atomic E-state index is 0.0883. The zero-order chi connectivity index (χ0) is 14.3. The number of thiocarbonyl (C=S) groups is 1. The van der Waals surface area contributed by atoms with Crippen LogP contribution in [0.4, 0.5) is 0 Å². The number of carbonyl (C=O) groups is 1. The number of carbonyl (C=O) groups excluding carboxylic acids is 1. The largest absolute Gasteiger partial charge is 0.393 e. The van der Waals surface area contributed by atoms with Crippen LogP contribution in [0.2, 0.25) is 0 Å². The summed E-state index contributed by atoms with van der Waals surface area (Å²) in [6.45, 7) is 2.55. The maximum atomic E-state index is 12.3. The summed E-state index contributed by atoms with van der Waals surface area (Å²) in [5, 5.41) is 3.03.